The fourth-order valence-electron chi connectivity index (χ4n) is 8.60. The Labute approximate surface area is 305 Å². The van der Waals surface area contributed by atoms with E-state index in [1.807, 2.05) is 11.3 Å². The van der Waals surface area contributed by atoms with Crippen molar-refractivity contribution in [3.05, 3.63) is 188 Å². The molecule has 0 N–H and O–H groups in total. The summed E-state index contributed by atoms with van der Waals surface area (Å²) in [6, 6.07) is 69.1. The third-order valence-electron chi connectivity index (χ3n) is 10.8. The summed E-state index contributed by atoms with van der Waals surface area (Å²) in [6.45, 7) is 0. The summed E-state index contributed by atoms with van der Waals surface area (Å²) in [4.78, 5) is 0. The van der Waals surface area contributed by atoms with Crippen molar-refractivity contribution in [1.82, 2.24) is 4.57 Å². The Balaban J connectivity index is 1.18. The molecule has 0 fully saturated rings. The first-order valence-corrected chi connectivity index (χ1v) is 18.7. The predicted molar refractivity (Wildman–Crippen MR) is 225 cm³/mol. The minimum absolute atomic E-state index is 1.20. The van der Waals surface area contributed by atoms with Crippen molar-refractivity contribution in [2.24, 2.45) is 0 Å². The summed E-state index contributed by atoms with van der Waals surface area (Å²) >= 11 is 1.88. The number of benzene rings is 9. The third-order valence-corrected chi connectivity index (χ3v) is 11.9. The highest BCUT2D eigenvalue weighted by Gasteiger charge is 2.21. The lowest BCUT2D eigenvalue weighted by molar-refractivity contribution is 1.20. The number of aromatic nitrogens is 1. The highest BCUT2D eigenvalue weighted by Crippen LogP contribution is 2.47. The fourth-order valence-corrected chi connectivity index (χ4v) is 9.71. The molecule has 0 amide bonds. The molecule has 0 aliphatic carbocycles. The average Bonchev–Trinajstić information content (AvgIpc) is 3.76. The first-order chi connectivity index (χ1) is 25.8. The van der Waals surface area contributed by atoms with Crippen LogP contribution in [0.15, 0.2) is 188 Å². The van der Waals surface area contributed by atoms with Crippen LogP contribution in [-0.4, -0.2) is 4.57 Å². The second-order valence-corrected chi connectivity index (χ2v) is 14.7. The van der Waals surface area contributed by atoms with Crippen LogP contribution in [0.3, 0.4) is 0 Å². The Morgan fingerprint density at radius 3 is 1.33 bits per heavy atom. The Morgan fingerprint density at radius 2 is 0.750 bits per heavy atom. The fraction of sp³-hybridized carbons (Fsp3) is 0. The number of rotatable bonds is 4. The molecule has 9 aromatic carbocycles. The maximum absolute atomic E-state index is 2.51. The molecule has 0 atom stereocenters. The van der Waals surface area contributed by atoms with Crippen molar-refractivity contribution in [3.63, 3.8) is 0 Å². The number of fused-ring (bicyclic) bond motifs is 8. The molecular formula is C50H31NS. The van der Waals surface area contributed by atoms with Gasteiger partial charge >= 0.3 is 0 Å². The van der Waals surface area contributed by atoms with Gasteiger partial charge in [0, 0.05) is 36.5 Å². The van der Waals surface area contributed by atoms with Gasteiger partial charge in [-0.25, -0.2) is 0 Å². The van der Waals surface area contributed by atoms with Crippen LogP contribution in [0.5, 0.6) is 0 Å². The molecule has 11 aromatic rings. The predicted octanol–water partition coefficient (Wildman–Crippen LogP) is 14.5. The van der Waals surface area contributed by atoms with Crippen LogP contribution >= 0.6 is 11.3 Å². The van der Waals surface area contributed by atoms with Gasteiger partial charge in [0.15, 0.2) is 0 Å². The van der Waals surface area contributed by atoms with Crippen molar-refractivity contribution in [1.29, 1.82) is 0 Å². The molecule has 1 nitrogen and oxygen atoms in total. The maximum atomic E-state index is 2.51. The van der Waals surface area contributed by atoms with Crippen molar-refractivity contribution in [2.75, 3.05) is 0 Å². The third kappa shape index (κ3) is 4.28. The van der Waals surface area contributed by atoms with Crippen molar-refractivity contribution in [3.8, 4) is 39.1 Å². The molecule has 0 bridgehead atoms. The second-order valence-electron chi connectivity index (χ2n) is 13.6. The Hall–Kier alpha value is -6.48. The molecule has 0 radical (unpaired) electrons. The molecule has 52 heavy (non-hydrogen) atoms. The summed E-state index contributed by atoms with van der Waals surface area (Å²) < 4.78 is 5.12. The Kier molecular flexibility index (Phi) is 6.49. The minimum Gasteiger partial charge on any atom is -0.308 e. The van der Waals surface area contributed by atoms with E-state index in [1.54, 1.807) is 0 Å². The first-order valence-electron chi connectivity index (χ1n) is 17.9. The molecule has 0 aliphatic heterocycles. The van der Waals surface area contributed by atoms with Gasteiger partial charge in [0.1, 0.15) is 0 Å². The van der Waals surface area contributed by atoms with Crippen molar-refractivity contribution >= 4 is 74.9 Å². The smallest absolute Gasteiger partial charge is 0.0633 e. The summed E-state index contributed by atoms with van der Waals surface area (Å²) in [6.07, 6.45) is 0. The number of hydrogen-bond acceptors (Lipinski definition) is 1. The van der Waals surface area contributed by atoms with Crippen molar-refractivity contribution in [2.45, 2.75) is 0 Å². The summed E-state index contributed by atoms with van der Waals surface area (Å²) in [7, 11) is 0. The number of para-hydroxylation sites is 2. The van der Waals surface area contributed by atoms with Gasteiger partial charge in [0.05, 0.1) is 16.7 Å². The zero-order valence-electron chi connectivity index (χ0n) is 28.3. The molecule has 0 saturated carbocycles. The van der Waals surface area contributed by atoms with Gasteiger partial charge in [-0.3, -0.25) is 0 Å². The van der Waals surface area contributed by atoms with E-state index in [4.69, 9.17) is 0 Å². The van der Waals surface area contributed by atoms with Gasteiger partial charge in [0.25, 0.3) is 0 Å². The summed E-state index contributed by atoms with van der Waals surface area (Å²) in [5.74, 6) is 0. The van der Waals surface area contributed by atoms with E-state index in [0.717, 1.165) is 0 Å². The molecule has 11 rings (SSSR count). The van der Waals surface area contributed by atoms with Gasteiger partial charge in [-0.15, -0.1) is 11.3 Å². The van der Waals surface area contributed by atoms with Crippen LogP contribution in [-0.2, 0) is 0 Å². The van der Waals surface area contributed by atoms with Crippen LogP contribution in [0, 0.1) is 0 Å². The topological polar surface area (TPSA) is 4.93 Å². The van der Waals surface area contributed by atoms with Gasteiger partial charge in [-0.2, -0.15) is 0 Å². The van der Waals surface area contributed by atoms with E-state index in [2.05, 4.69) is 193 Å². The SMILES string of the molecule is c1ccc(-c2c3ccccc3c(-c3ccc(-c4ccc5sc6ccccc6c5c4-n4c5ccccc5c5ccccc54)cc3)c3ccccc23)cc1. The molecule has 0 saturated heterocycles. The van der Waals surface area contributed by atoms with Gasteiger partial charge in [-0.05, 0) is 73.6 Å². The quantitative estimate of drug-likeness (QED) is 0.163. The molecule has 2 heterocycles. The van der Waals surface area contributed by atoms with E-state index >= 15 is 0 Å². The second kappa shape index (κ2) is 11.5. The Bertz CT molecular complexity index is 3050. The van der Waals surface area contributed by atoms with E-state index in [9.17, 15) is 0 Å². The van der Waals surface area contributed by atoms with Crippen LogP contribution in [0.1, 0.15) is 0 Å². The Morgan fingerprint density at radius 1 is 0.308 bits per heavy atom. The minimum atomic E-state index is 1.20. The summed E-state index contributed by atoms with van der Waals surface area (Å²) in [5.41, 5.74) is 11.1. The van der Waals surface area contributed by atoms with Gasteiger partial charge < -0.3 is 4.57 Å². The molecular weight excluding hydrogens is 647 g/mol. The summed E-state index contributed by atoms with van der Waals surface area (Å²) in [5, 5.41) is 10.2. The highest BCUT2D eigenvalue weighted by atomic mass is 32.1. The largest absolute Gasteiger partial charge is 0.308 e. The molecule has 2 aromatic heterocycles. The highest BCUT2D eigenvalue weighted by molar-refractivity contribution is 7.25. The monoisotopic (exact) mass is 677 g/mol. The normalized spacial score (nSPS) is 11.8. The number of thiophene rings is 1. The van der Waals surface area contributed by atoms with Crippen LogP contribution < -0.4 is 0 Å². The molecule has 0 aliphatic rings. The van der Waals surface area contributed by atoms with Crippen LogP contribution in [0.25, 0.3) is 103 Å². The van der Waals surface area contributed by atoms with E-state index in [1.165, 1.54) is 103 Å². The van der Waals surface area contributed by atoms with E-state index in [0.29, 0.717) is 0 Å². The lowest BCUT2D eigenvalue weighted by atomic mass is 9.85. The zero-order valence-corrected chi connectivity index (χ0v) is 29.1. The van der Waals surface area contributed by atoms with Crippen molar-refractivity contribution < 1.29 is 0 Å². The number of nitrogens with zero attached hydrogens (tertiary/aromatic N) is 1. The average molecular weight is 678 g/mol. The van der Waals surface area contributed by atoms with E-state index in [-0.39, 0.29) is 0 Å². The lowest BCUT2D eigenvalue weighted by Gasteiger charge is -2.19. The lowest BCUT2D eigenvalue weighted by Crippen LogP contribution is -1.98. The maximum Gasteiger partial charge on any atom is 0.0633 e. The van der Waals surface area contributed by atoms with Crippen LogP contribution in [0.2, 0.25) is 0 Å². The standard InChI is InChI=1S/C50H31NS/c1-2-14-33(15-3-1)47-38-18-4-6-20-40(38)48(41-21-7-5-19-39(41)47)34-28-26-32(27-29-34)35-30-31-46-49(42-22-10-13-25-45(42)52-46)50(35)51-43-23-11-8-16-36(43)37-17-9-12-24-44(37)51/h1-31H. The van der Waals surface area contributed by atoms with Crippen LogP contribution in [0.4, 0.5) is 0 Å². The molecule has 0 spiro atoms. The molecule has 242 valence electrons. The van der Waals surface area contributed by atoms with E-state index < -0.39 is 0 Å². The zero-order chi connectivity index (χ0) is 34.2. The van der Waals surface area contributed by atoms with Gasteiger partial charge in [0.2, 0.25) is 0 Å². The first kappa shape index (κ1) is 29.3. The molecule has 2 heteroatoms. The molecule has 0 unspecified atom stereocenters. The van der Waals surface area contributed by atoms with Gasteiger partial charge in [-0.1, -0.05) is 164 Å². The number of hydrogen-bond donors (Lipinski definition) is 0.